The molecule has 2 aliphatic carbocycles. The van der Waals surface area contributed by atoms with Crippen molar-refractivity contribution < 1.29 is 9.53 Å². The topological polar surface area (TPSA) is 29.5 Å². The number of hydrogen-bond acceptors (Lipinski definition) is 3. The molecule has 3 nitrogen and oxygen atoms in total. The van der Waals surface area contributed by atoms with Gasteiger partial charge in [-0.1, -0.05) is 20.8 Å². The van der Waals surface area contributed by atoms with Crippen LogP contribution in [0.25, 0.3) is 0 Å². The zero-order valence-corrected chi connectivity index (χ0v) is 12.4. The van der Waals surface area contributed by atoms with Crippen LogP contribution in [0.3, 0.4) is 0 Å². The fourth-order valence-corrected chi connectivity index (χ4v) is 6.32. The van der Waals surface area contributed by atoms with E-state index in [0.717, 1.165) is 5.92 Å². The molecule has 0 aromatic heterocycles. The molecule has 0 aromatic rings. The fraction of sp³-hybridized carbons (Fsp3) is 0.938. The summed E-state index contributed by atoms with van der Waals surface area (Å²) in [5.74, 6) is 2.61. The van der Waals surface area contributed by atoms with Crippen LogP contribution in [-0.2, 0) is 9.53 Å². The molecule has 3 heteroatoms. The van der Waals surface area contributed by atoms with E-state index in [1.165, 1.54) is 19.4 Å². The molecule has 4 aliphatic rings. The number of nitrogens with zero attached hydrogens (tertiary/aromatic N) is 1. The minimum atomic E-state index is 0.110. The first-order valence-corrected chi connectivity index (χ1v) is 7.87. The first-order chi connectivity index (χ1) is 8.96. The first kappa shape index (κ1) is 12.2. The molecule has 4 rings (SSSR count). The van der Waals surface area contributed by atoms with Gasteiger partial charge >= 0.3 is 5.97 Å². The number of rotatable bonds is 1. The van der Waals surface area contributed by atoms with E-state index < -0.39 is 0 Å². The van der Waals surface area contributed by atoms with Crippen molar-refractivity contribution in [3.8, 4) is 0 Å². The van der Waals surface area contributed by atoms with Crippen molar-refractivity contribution in [3.05, 3.63) is 0 Å². The van der Waals surface area contributed by atoms with Crippen molar-refractivity contribution in [2.45, 2.75) is 45.8 Å². The van der Waals surface area contributed by atoms with Gasteiger partial charge in [0.2, 0.25) is 0 Å². The number of likely N-dealkylation sites (N-methyl/N-ethyl adjacent to an activating group) is 1. The average Bonchev–Trinajstić information content (AvgIpc) is 2.86. The highest BCUT2D eigenvalue weighted by Gasteiger charge is 2.71. The summed E-state index contributed by atoms with van der Waals surface area (Å²) in [7, 11) is 2.23. The highest BCUT2D eigenvalue weighted by molar-refractivity contribution is 5.77. The molecule has 19 heavy (non-hydrogen) atoms. The first-order valence-electron chi connectivity index (χ1n) is 7.87. The highest BCUT2D eigenvalue weighted by atomic mass is 16.6. The summed E-state index contributed by atoms with van der Waals surface area (Å²) in [4.78, 5) is 14.9. The van der Waals surface area contributed by atoms with Gasteiger partial charge in [-0.2, -0.15) is 0 Å². The SMILES string of the molecule is CC(C)C1C2OC(=O)C1C1CCC3CN(C)C2C31C. The molecule has 7 unspecified atom stereocenters. The molecule has 2 heterocycles. The summed E-state index contributed by atoms with van der Waals surface area (Å²) in [5, 5.41) is 0. The van der Waals surface area contributed by atoms with Crippen molar-refractivity contribution in [1.82, 2.24) is 4.90 Å². The number of carbonyl (C=O) groups excluding carboxylic acids is 1. The van der Waals surface area contributed by atoms with Crippen LogP contribution in [0, 0.1) is 35.0 Å². The largest absolute Gasteiger partial charge is 0.460 e. The van der Waals surface area contributed by atoms with Gasteiger partial charge in [-0.05, 0) is 43.1 Å². The Morgan fingerprint density at radius 1 is 1.37 bits per heavy atom. The molecule has 2 saturated carbocycles. The quantitative estimate of drug-likeness (QED) is 0.679. The Hall–Kier alpha value is -0.570. The van der Waals surface area contributed by atoms with Gasteiger partial charge in [-0.25, -0.2) is 0 Å². The molecule has 2 saturated heterocycles. The molecule has 0 spiro atoms. The standard InChI is InChI=1S/C16H25NO2/c1-8(2)11-12-10-6-5-9-7-17(4)14(16(9,10)3)13(11)19-15(12)18/h8-14H,5-7H2,1-4H3. The molecule has 0 amide bonds. The van der Waals surface area contributed by atoms with Crippen molar-refractivity contribution >= 4 is 5.97 Å². The lowest BCUT2D eigenvalue weighted by atomic mass is 9.55. The second kappa shape index (κ2) is 3.55. The van der Waals surface area contributed by atoms with Crippen LogP contribution < -0.4 is 0 Å². The summed E-state index contributed by atoms with van der Waals surface area (Å²) >= 11 is 0. The monoisotopic (exact) mass is 263 g/mol. The summed E-state index contributed by atoms with van der Waals surface area (Å²) < 4.78 is 5.88. The summed E-state index contributed by atoms with van der Waals surface area (Å²) in [6, 6.07) is 0.458. The van der Waals surface area contributed by atoms with E-state index >= 15 is 0 Å². The Balaban J connectivity index is 1.85. The zero-order chi connectivity index (χ0) is 13.5. The van der Waals surface area contributed by atoms with Gasteiger partial charge < -0.3 is 4.74 Å². The van der Waals surface area contributed by atoms with Gasteiger partial charge in [0.05, 0.1) is 12.0 Å². The minimum absolute atomic E-state index is 0.110. The van der Waals surface area contributed by atoms with E-state index in [1.807, 2.05) is 0 Å². The maximum Gasteiger partial charge on any atom is 0.310 e. The van der Waals surface area contributed by atoms with E-state index in [0.29, 0.717) is 29.2 Å². The second-order valence-corrected chi connectivity index (χ2v) is 7.88. The van der Waals surface area contributed by atoms with Crippen molar-refractivity contribution in [3.63, 3.8) is 0 Å². The third-order valence-electron chi connectivity index (χ3n) is 6.96. The van der Waals surface area contributed by atoms with E-state index in [-0.39, 0.29) is 18.0 Å². The molecule has 106 valence electrons. The summed E-state index contributed by atoms with van der Waals surface area (Å²) in [6.45, 7) is 8.17. The smallest absolute Gasteiger partial charge is 0.310 e. The summed E-state index contributed by atoms with van der Waals surface area (Å²) in [6.07, 6.45) is 2.69. The molecule has 7 atom stereocenters. The van der Waals surface area contributed by atoms with Crippen molar-refractivity contribution in [1.29, 1.82) is 0 Å². The van der Waals surface area contributed by atoms with E-state index in [1.54, 1.807) is 0 Å². The van der Waals surface area contributed by atoms with Crippen molar-refractivity contribution in [2.75, 3.05) is 13.6 Å². The van der Waals surface area contributed by atoms with Crippen LogP contribution in [0.2, 0.25) is 0 Å². The Bertz CT molecular complexity index is 434. The lowest BCUT2D eigenvalue weighted by Crippen LogP contribution is -2.57. The van der Waals surface area contributed by atoms with Crippen LogP contribution in [0.5, 0.6) is 0 Å². The van der Waals surface area contributed by atoms with Gasteiger partial charge in [0.25, 0.3) is 0 Å². The zero-order valence-electron chi connectivity index (χ0n) is 12.4. The van der Waals surface area contributed by atoms with E-state index in [2.05, 4.69) is 32.7 Å². The van der Waals surface area contributed by atoms with Gasteiger partial charge in [-0.3, -0.25) is 9.69 Å². The third kappa shape index (κ3) is 1.22. The van der Waals surface area contributed by atoms with E-state index in [9.17, 15) is 4.79 Å². The highest BCUT2D eigenvalue weighted by Crippen LogP contribution is 2.66. The molecular formula is C16H25NO2. The predicted octanol–water partition coefficient (Wildman–Crippen LogP) is 2.16. The van der Waals surface area contributed by atoms with Gasteiger partial charge in [-0.15, -0.1) is 0 Å². The van der Waals surface area contributed by atoms with E-state index in [4.69, 9.17) is 4.74 Å². The Morgan fingerprint density at radius 3 is 2.79 bits per heavy atom. The van der Waals surface area contributed by atoms with Gasteiger partial charge in [0, 0.05) is 12.5 Å². The third-order valence-corrected chi connectivity index (χ3v) is 6.96. The summed E-state index contributed by atoms with van der Waals surface area (Å²) in [5.41, 5.74) is 0.321. The number of hydrogen-bond donors (Lipinski definition) is 0. The molecule has 0 N–H and O–H groups in total. The van der Waals surface area contributed by atoms with Gasteiger partial charge in [0.15, 0.2) is 0 Å². The van der Waals surface area contributed by atoms with Crippen LogP contribution in [0.15, 0.2) is 0 Å². The number of likely N-dealkylation sites (tertiary alicyclic amines) is 1. The van der Waals surface area contributed by atoms with Crippen LogP contribution >= 0.6 is 0 Å². The second-order valence-electron chi connectivity index (χ2n) is 7.88. The van der Waals surface area contributed by atoms with Gasteiger partial charge in [0.1, 0.15) is 6.10 Å². The average molecular weight is 263 g/mol. The Kier molecular flexibility index (Phi) is 2.27. The molecule has 0 radical (unpaired) electrons. The maximum absolute atomic E-state index is 12.4. The molecule has 2 aliphatic heterocycles. The molecule has 4 fully saturated rings. The number of ether oxygens (including phenoxy) is 1. The number of esters is 1. The molecule has 2 bridgehead atoms. The maximum atomic E-state index is 12.4. The minimum Gasteiger partial charge on any atom is -0.460 e. The van der Waals surface area contributed by atoms with Crippen LogP contribution in [0.4, 0.5) is 0 Å². The fourth-order valence-electron chi connectivity index (χ4n) is 6.32. The Morgan fingerprint density at radius 2 is 2.11 bits per heavy atom. The van der Waals surface area contributed by atoms with Crippen LogP contribution in [-0.4, -0.2) is 36.6 Å². The normalized spacial score (nSPS) is 55.7. The lowest BCUT2D eigenvalue weighted by molar-refractivity contribution is -0.145. The Labute approximate surface area is 115 Å². The number of carbonyl (C=O) groups is 1. The predicted molar refractivity (Wildman–Crippen MR) is 72.4 cm³/mol. The lowest BCUT2D eigenvalue weighted by Gasteiger charge is -2.49. The van der Waals surface area contributed by atoms with Crippen LogP contribution in [0.1, 0.15) is 33.6 Å². The van der Waals surface area contributed by atoms with Crippen molar-refractivity contribution in [2.24, 2.45) is 35.0 Å². The number of fused-ring (bicyclic) bond motifs is 4. The molecular weight excluding hydrogens is 238 g/mol. The molecule has 0 aromatic carbocycles.